The van der Waals surface area contributed by atoms with Crippen molar-refractivity contribution >= 4 is 28.9 Å². The zero-order valence-electron chi connectivity index (χ0n) is 14.6. The van der Waals surface area contributed by atoms with E-state index >= 15 is 0 Å². The lowest BCUT2D eigenvalue weighted by Crippen LogP contribution is -2.14. The number of nitrogens with zero attached hydrogens (tertiary/aromatic N) is 1. The summed E-state index contributed by atoms with van der Waals surface area (Å²) in [5.74, 6) is 0.361. The van der Waals surface area contributed by atoms with Gasteiger partial charge in [0, 0.05) is 24.0 Å². The Balaban J connectivity index is 2.21. The normalized spacial score (nSPS) is 10.7. The third-order valence-corrected chi connectivity index (χ3v) is 3.78. The Morgan fingerprint density at radius 1 is 1.19 bits per heavy atom. The van der Waals surface area contributed by atoms with Crippen LogP contribution in [0.15, 0.2) is 48.2 Å². The first-order chi connectivity index (χ1) is 12.5. The first-order valence-electron chi connectivity index (χ1n) is 7.64. The van der Waals surface area contributed by atoms with Crippen molar-refractivity contribution < 1.29 is 14.3 Å². The molecule has 6 nitrogen and oxygen atoms in total. The van der Waals surface area contributed by atoms with Crippen molar-refractivity contribution in [2.75, 3.05) is 24.9 Å². The second kappa shape index (κ2) is 8.79. The van der Waals surface area contributed by atoms with Gasteiger partial charge in [-0.2, -0.15) is 5.26 Å². The van der Waals surface area contributed by atoms with Crippen molar-refractivity contribution in [3.8, 4) is 17.6 Å². The monoisotopic (exact) mass is 371 g/mol. The number of carbonyl (C=O) groups is 1. The fraction of sp³-hybridized carbons (Fsp3) is 0.158. The van der Waals surface area contributed by atoms with Crippen LogP contribution in [0.3, 0.4) is 0 Å². The summed E-state index contributed by atoms with van der Waals surface area (Å²) < 4.78 is 10.4. The number of methoxy groups -OCH3 is 2. The van der Waals surface area contributed by atoms with Gasteiger partial charge in [0.05, 0.1) is 24.9 Å². The number of carbonyl (C=O) groups excluding carboxylic acids is 1. The molecular weight excluding hydrogens is 354 g/mol. The Labute approximate surface area is 157 Å². The Kier molecular flexibility index (Phi) is 6.48. The van der Waals surface area contributed by atoms with Gasteiger partial charge in [0.1, 0.15) is 23.1 Å². The third kappa shape index (κ3) is 4.68. The quantitative estimate of drug-likeness (QED) is 0.589. The van der Waals surface area contributed by atoms with Gasteiger partial charge in [0.25, 0.3) is 5.91 Å². The standard InChI is InChI=1S/C19H18ClN3O3/c1-12-5-4-6-14(7-12)23-19(24)13(10-21)11-22-16-9-17(25-2)15(20)8-18(16)26-3/h4-9,11,22H,1-3H3,(H,23,24)/b13-11-. The maximum atomic E-state index is 12.3. The van der Waals surface area contributed by atoms with Crippen molar-refractivity contribution in [3.63, 3.8) is 0 Å². The van der Waals surface area contributed by atoms with Crippen molar-refractivity contribution in [2.45, 2.75) is 6.92 Å². The van der Waals surface area contributed by atoms with Crippen LogP contribution in [0, 0.1) is 18.3 Å². The molecule has 0 aromatic heterocycles. The van der Waals surface area contributed by atoms with Crippen molar-refractivity contribution in [1.82, 2.24) is 0 Å². The lowest BCUT2D eigenvalue weighted by atomic mass is 10.2. The zero-order chi connectivity index (χ0) is 19.1. The zero-order valence-corrected chi connectivity index (χ0v) is 15.3. The molecule has 2 aromatic carbocycles. The van der Waals surface area contributed by atoms with Gasteiger partial charge in [-0.05, 0) is 24.6 Å². The van der Waals surface area contributed by atoms with Gasteiger partial charge in [-0.25, -0.2) is 0 Å². The van der Waals surface area contributed by atoms with Crippen LogP contribution in [0.1, 0.15) is 5.56 Å². The summed E-state index contributed by atoms with van der Waals surface area (Å²) in [5, 5.41) is 15.2. The SMILES string of the molecule is COc1cc(N/C=C(/C#N)C(=O)Nc2cccc(C)c2)c(OC)cc1Cl. The van der Waals surface area contributed by atoms with Gasteiger partial charge < -0.3 is 20.1 Å². The van der Waals surface area contributed by atoms with Crippen LogP contribution >= 0.6 is 11.6 Å². The van der Waals surface area contributed by atoms with Gasteiger partial charge in [0.2, 0.25) is 0 Å². The fourth-order valence-electron chi connectivity index (χ4n) is 2.19. The minimum atomic E-state index is -0.523. The average Bonchev–Trinajstić information content (AvgIpc) is 2.62. The Hall–Kier alpha value is -3.17. The Bertz CT molecular complexity index is 888. The van der Waals surface area contributed by atoms with Gasteiger partial charge >= 0.3 is 0 Å². The summed E-state index contributed by atoms with van der Waals surface area (Å²) in [6.07, 6.45) is 1.30. The van der Waals surface area contributed by atoms with Crippen LogP contribution in [0.2, 0.25) is 5.02 Å². The first kappa shape index (κ1) is 19.2. The maximum absolute atomic E-state index is 12.3. The largest absolute Gasteiger partial charge is 0.495 e. The molecule has 0 saturated carbocycles. The van der Waals surface area contributed by atoms with Gasteiger partial charge in [-0.3, -0.25) is 4.79 Å². The molecule has 0 heterocycles. The minimum absolute atomic E-state index is 0.0949. The van der Waals surface area contributed by atoms with Crippen LogP contribution in [0.25, 0.3) is 0 Å². The predicted molar refractivity (Wildman–Crippen MR) is 102 cm³/mol. The smallest absolute Gasteiger partial charge is 0.267 e. The van der Waals surface area contributed by atoms with E-state index in [-0.39, 0.29) is 5.57 Å². The molecule has 0 unspecified atom stereocenters. The van der Waals surface area contributed by atoms with Crippen LogP contribution < -0.4 is 20.1 Å². The van der Waals surface area contributed by atoms with Crippen LogP contribution in [-0.2, 0) is 4.79 Å². The highest BCUT2D eigenvalue weighted by molar-refractivity contribution is 6.32. The molecule has 0 aliphatic carbocycles. The number of halogens is 1. The number of nitriles is 1. The number of rotatable bonds is 6. The second-order valence-electron chi connectivity index (χ2n) is 5.32. The molecule has 0 saturated heterocycles. The number of nitrogens with one attached hydrogen (secondary N) is 2. The molecule has 0 aliphatic rings. The molecule has 7 heteroatoms. The molecule has 0 fully saturated rings. The van der Waals surface area contributed by atoms with E-state index in [0.29, 0.717) is 27.9 Å². The molecule has 1 amide bonds. The molecule has 2 N–H and O–H groups in total. The molecule has 0 atom stereocenters. The lowest BCUT2D eigenvalue weighted by molar-refractivity contribution is -0.112. The molecule has 2 aromatic rings. The molecule has 134 valence electrons. The number of anilines is 2. The highest BCUT2D eigenvalue weighted by Crippen LogP contribution is 2.35. The summed E-state index contributed by atoms with van der Waals surface area (Å²) in [4.78, 5) is 12.3. The van der Waals surface area contributed by atoms with Crippen molar-refractivity contribution in [2.24, 2.45) is 0 Å². The molecule has 26 heavy (non-hydrogen) atoms. The molecule has 0 aliphatic heterocycles. The van der Waals surface area contributed by atoms with E-state index in [1.807, 2.05) is 31.2 Å². The van der Waals surface area contributed by atoms with Crippen molar-refractivity contribution in [1.29, 1.82) is 5.26 Å². The summed E-state index contributed by atoms with van der Waals surface area (Å²) in [5.41, 5.74) is 2.02. The molecule has 0 bridgehead atoms. The summed E-state index contributed by atoms with van der Waals surface area (Å²) in [6.45, 7) is 1.92. The van der Waals surface area contributed by atoms with E-state index in [0.717, 1.165) is 5.56 Å². The number of hydrogen-bond acceptors (Lipinski definition) is 5. The summed E-state index contributed by atoms with van der Waals surface area (Å²) in [6, 6.07) is 12.4. The molecule has 0 spiro atoms. The summed E-state index contributed by atoms with van der Waals surface area (Å²) >= 11 is 6.06. The average molecular weight is 372 g/mol. The molecule has 2 rings (SSSR count). The van der Waals surface area contributed by atoms with E-state index < -0.39 is 5.91 Å². The van der Waals surface area contributed by atoms with E-state index in [1.54, 1.807) is 18.2 Å². The van der Waals surface area contributed by atoms with Crippen LogP contribution in [0.4, 0.5) is 11.4 Å². The number of hydrogen-bond donors (Lipinski definition) is 2. The van der Waals surface area contributed by atoms with Gasteiger partial charge in [-0.1, -0.05) is 23.7 Å². The summed E-state index contributed by atoms with van der Waals surface area (Å²) in [7, 11) is 2.98. The first-order valence-corrected chi connectivity index (χ1v) is 8.02. The Morgan fingerprint density at radius 2 is 1.92 bits per heavy atom. The highest BCUT2D eigenvalue weighted by atomic mass is 35.5. The van der Waals surface area contributed by atoms with E-state index in [1.165, 1.54) is 20.4 Å². The number of amides is 1. The topological polar surface area (TPSA) is 83.4 Å². The lowest BCUT2D eigenvalue weighted by Gasteiger charge is -2.12. The van der Waals surface area contributed by atoms with Gasteiger partial charge in [-0.15, -0.1) is 0 Å². The minimum Gasteiger partial charge on any atom is -0.495 e. The number of aryl methyl sites for hydroxylation is 1. The van der Waals surface area contributed by atoms with Crippen LogP contribution in [0.5, 0.6) is 11.5 Å². The molecule has 0 radical (unpaired) electrons. The van der Waals surface area contributed by atoms with E-state index in [9.17, 15) is 10.1 Å². The predicted octanol–water partition coefficient (Wildman–Crippen LogP) is 4.12. The van der Waals surface area contributed by atoms with Gasteiger partial charge in [0.15, 0.2) is 0 Å². The van der Waals surface area contributed by atoms with E-state index in [2.05, 4.69) is 10.6 Å². The third-order valence-electron chi connectivity index (χ3n) is 3.49. The maximum Gasteiger partial charge on any atom is 0.267 e. The second-order valence-corrected chi connectivity index (χ2v) is 5.73. The van der Waals surface area contributed by atoms with Crippen molar-refractivity contribution in [3.05, 3.63) is 58.8 Å². The highest BCUT2D eigenvalue weighted by Gasteiger charge is 2.12. The molecular formula is C19H18ClN3O3. The fourth-order valence-corrected chi connectivity index (χ4v) is 2.42. The Morgan fingerprint density at radius 3 is 2.54 bits per heavy atom. The number of ether oxygens (including phenoxy) is 2. The van der Waals surface area contributed by atoms with Crippen LogP contribution in [-0.4, -0.2) is 20.1 Å². The van der Waals surface area contributed by atoms with E-state index in [4.69, 9.17) is 21.1 Å². The number of benzene rings is 2.